The molecule has 0 bridgehead atoms. The van der Waals surface area contributed by atoms with Crippen molar-refractivity contribution in [2.45, 2.75) is 24.2 Å². The van der Waals surface area contributed by atoms with Gasteiger partial charge in [-0.3, -0.25) is 4.79 Å². The number of Topliss-reactive ketones (excluding diaryl/α,β-unsaturated/α-hetero) is 1. The van der Waals surface area contributed by atoms with Gasteiger partial charge in [0.15, 0.2) is 5.78 Å². The van der Waals surface area contributed by atoms with Crippen LogP contribution in [0.25, 0.3) is 0 Å². The fourth-order valence-electron chi connectivity index (χ4n) is 1.73. The number of rotatable bonds is 3. The van der Waals surface area contributed by atoms with Crippen molar-refractivity contribution < 1.29 is 9.59 Å². The largest absolute Gasteiger partial charge is 0.303 e. The second kappa shape index (κ2) is 4.62. The summed E-state index contributed by atoms with van der Waals surface area (Å²) in [6, 6.07) is 5.76. The Labute approximate surface area is 93.1 Å². The van der Waals surface area contributed by atoms with Gasteiger partial charge in [-0.1, -0.05) is 6.07 Å². The van der Waals surface area contributed by atoms with Gasteiger partial charge in [-0.25, -0.2) is 0 Å². The molecule has 0 aromatic heterocycles. The molecule has 3 heteroatoms. The summed E-state index contributed by atoms with van der Waals surface area (Å²) in [5.41, 5.74) is 1.92. The van der Waals surface area contributed by atoms with Crippen molar-refractivity contribution in [2.75, 3.05) is 5.75 Å². The number of benzene rings is 1. The van der Waals surface area contributed by atoms with Crippen molar-refractivity contribution in [1.82, 2.24) is 0 Å². The second-order valence-electron chi connectivity index (χ2n) is 3.57. The maximum atomic E-state index is 11.5. The van der Waals surface area contributed by atoms with Gasteiger partial charge in [-0.05, 0) is 36.3 Å². The van der Waals surface area contributed by atoms with E-state index in [0.717, 1.165) is 12.2 Å². The molecule has 2 nitrogen and oxygen atoms in total. The highest BCUT2D eigenvalue weighted by Crippen LogP contribution is 2.30. The summed E-state index contributed by atoms with van der Waals surface area (Å²) in [5, 5.41) is 0. The van der Waals surface area contributed by atoms with Crippen LogP contribution in [-0.2, 0) is 11.2 Å². The van der Waals surface area contributed by atoms with E-state index in [9.17, 15) is 9.59 Å². The number of hydrogen-bond acceptors (Lipinski definition) is 3. The van der Waals surface area contributed by atoms with Gasteiger partial charge in [0.25, 0.3) is 0 Å². The van der Waals surface area contributed by atoms with Gasteiger partial charge in [0.1, 0.15) is 6.29 Å². The van der Waals surface area contributed by atoms with Crippen LogP contribution in [0.5, 0.6) is 0 Å². The van der Waals surface area contributed by atoms with E-state index in [-0.39, 0.29) is 12.2 Å². The predicted molar refractivity (Wildman–Crippen MR) is 60.5 cm³/mol. The number of aryl methyl sites for hydroxylation is 1. The van der Waals surface area contributed by atoms with Crippen LogP contribution in [-0.4, -0.2) is 17.8 Å². The molecule has 0 atom stereocenters. The van der Waals surface area contributed by atoms with E-state index in [0.29, 0.717) is 11.8 Å². The van der Waals surface area contributed by atoms with E-state index in [2.05, 4.69) is 0 Å². The van der Waals surface area contributed by atoms with Crippen LogP contribution in [0.2, 0.25) is 0 Å². The average molecular weight is 220 g/mol. The number of carbonyl (C=O) groups excluding carboxylic acids is 2. The third-order valence-corrected chi connectivity index (χ3v) is 3.70. The number of hydrogen-bond donors (Lipinski definition) is 0. The third-order valence-electron chi connectivity index (χ3n) is 2.50. The normalized spacial score (nSPS) is 14.4. The lowest BCUT2D eigenvalue weighted by Gasteiger charge is -2.15. The Hall–Kier alpha value is -1.09. The Kier molecular flexibility index (Phi) is 3.21. The van der Waals surface area contributed by atoms with E-state index in [4.69, 9.17) is 0 Å². The number of aldehydes is 1. The molecule has 2 rings (SSSR count). The third kappa shape index (κ3) is 2.29. The van der Waals surface area contributed by atoms with Gasteiger partial charge in [-0.15, -0.1) is 11.8 Å². The van der Waals surface area contributed by atoms with Gasteiger partial charge in [-0.2, -0.15) is 0 Å². The molecule has 0 fully saturated rings. The molecule has 0 aliphatic carbocycles. The lowest BCUT2D eigenvalue weighted by atomic mass is 10.0. The minimum atomic E-state index is -0.0802. The SMILES string of the molecule is O=CCC(=O)c1ccc2c(c1)CCCS2. The van der Waals surface area contributed by atoms with Crippen molar-refractivity contribution in [2.24, 2.45) is 0 Å². The van der Waals surface area contributed by atoms with Gasteiger partial charge >= 0.3 is 0 Å². The summed E-state index contributed by atoms with van der Waals surface area (Å²) in [6.07, 6.45) is 2.87. The quantitative estimate of drug-likeness (QED) is 0.446. The Morgan fingerprint density at radius 3 is 3.13 bits per heavy atom. The highest BCUT2D eigenvalue weighted by Gasteiger charge is 2.12. The van der Waals surface area contributed by atoms with Gasteiger partial charge in [0.05, 0.1) is 6.42 Å². The monoisotopic (exact) mass is 220 g/mol. The molecule has 1 aromatic rings. The zero-order valence-electron chi connectivity index (χ0n) is 8.36. The molecule has 15 heavy (non-hydrogen) atoms. The van der Waals surface area contributed by atoms with Crippen LogP contribution < -0.4 is 0 Å². The van der Waals surface area contributed by atoms with E-state index >= 15 is 0 Å². The van der Waals surface area contributed by atoms with Gasteiger partial charge < -0.3 is 4.79 Å². The van der Waals surface area contributed by atoms with Crippen molar-refractivity contribution >= 4 is 23.8 Å². The number of ketones is 1. The number of thioether (sulfide) groups is 1. The molecule has 0 unspecified atom stereocenters. The van der Waals surface area contributed by atoms with E-state index in [1.54, 1.807) is 0 Å². The summed E-state index contributed by atoms with van der Waals surface area (Å²) in [4.78, 5) is 23.0. The van der Waals surface area contributed by atoms with E-state index in [1.807, 2.05) is 30.0 Å². The second-order valence-corrected chi connectivity index (χ2v) is 4.71. The molecule has 1 aliphatic rings. The minimum Gasteiger partial charge on any atom is -0.303 e. The summed E-state index contributed by atoms with van der Waals surface area (Å²) in [5.74, 6) is 1.08. The van der Waals surface area contributed by atoms with Crippen LogP contribution >= 0.6 is 11.8 Å². The van der Waals surface area contributed by atoms with Crippen molar-refractivity contribution in [3.63, 3.8) is 0 Å². The maximum absolute atomic E-state index is 11.5. The Bertz CT molecular complexity index is 399. The van der Waals surface area contributed by atoms with Crippen LogP contribution in [0.1, 0.15) is 28.8 Å². The first kappa shape index (κ1) is 10.4. The van der Waals surface area contributed by atoms with Crippen molar-refractivity contribution in [3.05, 3.63) is 29.3 Å². The standard InChI is InChI=1S/C12H12O2S/c13-6-5-11(14)9-3-4-12-10(8-9)2-1-7-15-12/h3-4,6,8H,1-2,5,7H2. The molecule has 1 aromatic carbocycles. The fourth-order valence-corrected chi connectivity index (χ4v) is 2.75. The Balaban J connectivity index is 2.27. The fraction of sp³-hybridized carbons (Fsp3) is 0.333. The molecule has 0 radical (unpaired) electrons. The molecule has 78 valence electrons. The van der Waals surface area contributed by atoms with Crippen LogP contribution in [0.4, 0.5) is 0 Å². The molecule has 0 saturated heterocycles. The Morgan fingerprint density at radius 1 is 1.47 bits per heavy atom. The van der Waals surface area contributed by atoms with Gasteiger partial charge in [0.2, 0.25) is 0 Å². The Morgan fingerprint density at radius 2 is 2.33 bits per heavy atom. The van der Waals surface area contributed by atoms with Crippen molar-refractivity contribution in [1.29, 1.82) is 0 Å². The van der Waals surface area contributed by atoms with Crippen LogP contribution in [0.3, 0.4) is 0 Å². The molecule has 0 amide bonds. The first-order valence-electron chi connectivity index (χ1n) is 5.04. The maximum Gasteiger partial charge on any atom is 0.169 e. The minimum absolute atomic E-state index is 0.00801. The first-order valence-corrected chi connectivity index (χ1v) is 6.02. The predicted octanol–water partition coefficient (Wildman–Crippen LogP) is 2.50. The van der Waals surface area contributed by atoms with E-state index < -0.39 is 0 Å². The van der Waals surface area contributed by atoms with E-state index in [1.165, 1.54) is 16.9 Å². The summed E-state index contributed by atoms with van der Waals surface area (Å²) >= 11 is 1.84. The zero-order chi connectivity index (χ0) is 10.7. The van der Waals surface area contributed by atoms with Gasteiger partial charge in [0, 0.05) is 10.5 Å². The highest BCUT2D eigenvalue weighted by molar-refractivity contribution is 7.99. The molecular weight excluding hydrogens is 208 g/mol. The molecule has 0 spiro atoms. The smallest absolute Gasteiger partial charge is 0.169 e. The first-order chi connectivity index (χ1) is 7.31. The van der Waals surface area contributed by atoms with Crippen LogP contribution in [0.15, 0.2) is 23.1 Å². The summed E-state index contributed by atoms with van der Waals surface area (Å²) in [7, 11) is 0. The summed E-state index contributed by atoms with van der Waals surface area (Å²) < 4.78 is 0. The lowest BCUT2D eigenvalue weighted by molar-refractivity contribution is -0.107. The number of fused-ring (bicyclic) bond motifs is 1. The highest BCUT2D eigenvalue weighted by atomic mass is 32.2. The van der Waals surface area contributed by atoms with Crippen molar-refractivity contribution in [3.8, 4) is 0 Å². The molecule has 0 N–H and O–H groups in total. The summed E-state index contributed by atoms with van der Waals surface area (Å²) in [6.45, 7) is 0. The molecular formula is C12H12O2S. The molecule has 1 aliphatic heterocycles. The topological polar surface area (TPSA) is 34.1 Å². The lowest BCUT2D eigenvalue weighted by Crippen LogP contribution is -2.04. The molecule has 0 saturated carbocycles. The molecule has 1 heterocycles. The van der Waals surface area contributed by atoms with Crippen LogP contribution in [0, 0.1) is 0 Å². The number of carbonyl (C=O) groups is 2. The average Bonchev–Trinajstić information content (AvgIpc) is 2.29. The zero-order valence-corrected chi connectivity index (χ0v) is 9.18.